The third-order valence-corrected chi connectivity index (χ3v) is 3.31. The molecule has 0 unspecified atom stereocenters. The Morgan fingerprint density at radius 3 is 2.87 bits per heavy atom. The molecule has 3 nitrogen and oxygen atoms in total. The number of nitrogens with one attached hydrogen (secondary N) is 1. The highest BCUT2D eigenvalue weighted by Gasteiger charge is 2.16. The van der Waals surface area contributed by atoms with Crippen LogP contribution in [-0.2, 0) is 6.54 Å². The van der Waals surface area contributed by atoms with Crippen molar-refractivity contribution in [1.82, 2.24) is 10.3 Å². The largest absolute Gasteiger partial charge is 0.396 e. The van der Waals surface area contributed by atoms with Gasteiger partial charge in [0, 0.05) is 19.7 Å². The van der Waals surface area contributed by atoms with Crippen molar-refractivity contribution in [3.63, 3.8) is 0 Å². The van der Waals surface area contributed by atoms with Crippen molar-refractivity contribution in [3.05, 3.63) is 15.5 Å². The molecule has 0 radical (unpaired) electrons. The molecule has 0 saturated carbocycles. The lowest BCUT2D eigenvalue weighted by Gasteiger charge is -2.23. The Hall–Kier alpha value is -0.160. The number of aliphatic hydroxyl groups is 1. The number of halogens is 1. The Balaban J connectivity index is 2.27. The Kier molecular flexibility index (Phi) is 4.99. The fourth-order valence-electron chi connectivity index (χ4n) is 1.27. The van der Waals surface area contributed by atoms with E-state index in [2.05, 4.69) is 24.1 Å². The summed E-state index contributed by atoms with van der Waals surface area (Å²) < 4.78 is 0.724. The first-order valence-electron chi connectivity index (χ1n) is 4.95. The molecule has 0 fully saturated rings. The second-order valence-electron chi connectivity index (χ2n) is 4.30. The van der Waals surface area contributed by atoms with Crippen LogP contribution in [0.5, 0.6) is 0 Å². The minimum atomic E-state index is 0.121. The smallest absolute Gasteiger partial charge is 0.113 e. The number of nitrogens with zero attached hydrogens (tertiary/aromatic N) is 1. The van der Waals surface area contributed by atoms with Crippen molar-refractivity contribution < 1.29 is 5.11 Å². The van der Waals surface area contributed by atoms with E-state index in [0.717, 1.165) is 28.9 Å². The van der Waals surface area contributed by atoms with Gasteiger partial charge in [-0.3, -0.25) is 0 Å². The van der Waals surface area contributed by atoms with Crippen molar-refractivity contribution in [2.45, 2.75) is 26.8 Å². The van der Waals surface area contributed by atoms with Crippen LogP contribution in [0.25, 0.3) is 0 Å². The molecule has 0 aromatic carbocycles. The van der Waals surface area contributed by atoms with E-state index in [4.69, 9.17) is 16.7 Å². The van der Waals surface area contributed by atoms with Gasteiger partial charge in [0.15, 0.2) is 0 Å². The van der Waals surface area contributed by atoms with Gasteiger partial charge < -0.3 is 10.4 Å². The zero-order valence-corrected chi connectivity index (χ0v) is 10.7. The van der Waals surface area contributed by atoms with Gasteiger partial charge in [-0.15, -0.1) is 11.3 Å². The molecule has 0 amide bonds. The van der Waals surface area contributed by atoms with Crippen molar-refractivity contribution in [2.75, 3.05) is 13.2 Å². The van der Waals surface area contributed by atoms with Crippen molar-refractivity contribution >= 4 is 22.9 Å². The highest BCUT2D eigenvalue weighted by Crippen LogP contribution is 2.20. The third kappa shape index (κ3) is 4.93. The topological polar surface area (TPSA) is 45.1 Å². The zero-order chi connectivity index (χ0) is 11.3. The molecule has 86 valence electrons. The number of rotatable bonds is 6. The molecule has 0 spiro atoms. The molecular weight excluding hydrogens is 232 g/mol. The molecule has 0 atom stereocenters. The van der Waals surface area contributed by atoms with Gasteiger partial charge in [-0.05, 0) is 11.8 Å². The van der Waals surface area contributed by atoms with Crippen molar-refractivity contribution in [2.24, 2.45) is 5.41 Å². The number of hydrogen-bond acceptors (Lipinski definition) is 4. The molecule has 0 saturated heterocycles. The minimum Gasteiger partial charge on any atom is -0.396 e. The van der Waals surface area contributed by atoms with E-state index in [1.807, 2.05) is 0 Å². The highest BCUT2D eigenvalue weighted by molar-refractivity contribution is 7.15. The maximum absolute atomic E-state index is 8.87. The number of hydrogen-bond donors (Lipinski definition) is 2. The van der Waals surface area contributed by atoms with Crippen LogP contribution in [0.1, 0.15) is 25.3 Å². The summed E-state index contributed by atoms with van der Waals surface area (Å²) in [5.74, 6) is 0. The molecule has 15 heavy (non-hydrogen) atoms. The first-order valence-corrected chi connectivity index (χ1v) is 6.15. The van der Waals surface area contributed by atoms with E-state index in [0.29, 0.717) is 0 Å². The first kappa shape index (κ1) is 12.9. The van der Waals surface area contributed by atoms with Crippen molar-refractivity contribution in [3.8, 4) is 0 Å². The average molecular weight is 249 g/mol. The van der Waals surface area contributed by atoms with Gasteiger partial charge in [0.25, 0.3) is 0 Å². The van der Waals surface area contributed by atoms with Crippen LogP contribution in [0.15, 0.2) is 6.20 Å². The maximum Gasteiger partial charge on any atom is 0.113 e. The van der Waals surface area contributed by atoms with Crippen LogP contribution in [0.2, 0.25) is 4.34 Å². The Labute approximate surface area is 99.5 Å². The summed E-state index contributed by atoms with van der Waals surface area (Å²) in [5.41, 5.74) is 0.121. The Morgan fingerprint density at radius 1 is 1.60 bits per heavy atom. The predicted molar refractivity (Wildman–Crippen MR) is 64.3 cm³/mol. The molecule has 5 heteroatoms. The van der Waals surface area contributed by atoms with Gasteiger partial charge in [0.05, 0.1) is 6.20 Å². The number of thiazole rings is 1. The molecule has 2 N–H and O–H groups in total. The summed E-state index contributed by atoms with van der Waals surface area (Å²) in [4.78, 5) is 4.16. The van der Waals surface area contributed by atoms with Crippen LogP contribution >= 0.6 is 22.9 Å². The van der Waals surface area contributed by atoms with Gasteiger partial charge in [-0.2, -0.15) is 0 Å². The van der Waals surface area contributed by atoms with Gasteiger partial charge in [-0.25, -0.2) is 4.98 Å². The first-order chi connectivity index (χ1) is 7.03. The second kappa shape index (κ2) is 5.80. The molecule has 1 rings (SSSR count). The molecule has 0 aliphatic heterocycles. The Morgan fingerprint density at radius 2 is 2.33 bits per heavy atom. The molecule has 0 aliphatic rings. The monoisotopic (exact) mass is 248 g/mol. The average Bonchev–Trinajstić information content (AvgIpc) is 2.51. The Bertz CT molecular complexity index is 301. The zero-order valence-electron chi connectivity index (χ0n) is 9.09. The summed E-state index contributed by atoms with van der Waals surface area (Å²) in [6, 6.07) is 0. The summed E-state index contributed by atoms with van der Waals surface area (Å²) >= 11 is 7.27. The number of aliphatic hydroxyl groups excluding tert-OH is 1. The normalized spacial score (nSPS) is 12.0. The molecule has 1 heterocycles. The SMILES string of the molecule is CC(C)(CCO)CNCc1ncc(Cl)s1. The van der Waals surface area contributed by atoms with E-state index in [9.17, 15) is 0 Å². The van der Waals surface area contributed by atoms with E-state index in [-0.39, 0.29) is 12.0 Å². The molecule has 1 aromatic heterocycles. The molecule has 1 aromatic rings. The van der Waals surface area contributed by atoms with Gasteiger partial charge in [0.2, 0.25) is 0 Å². The fourth-order valence-corrected chi connectivity index (χ4v) is 2.19. The molecule has 0 bridgehead atoms. The fraction of sp³-hybridized carbons (Fsp3) is 0.700. The van der Waals surface area contributed by atoms with E-state index in [1.54, 1.807) is 6.20 Å². The van der Waals surface area contributed by atoms with Crippen LogP contribution < -0.4 is 5.32 Å². The summed E-state index contributed by atoms with van der Waals surface area (Å²) in [7, 11) is 0. The van der Waals surface area contributed by atoms with Crippen LogP contribution in [-0.4, -0.2) is 23.2 Å². The van der Waals surface area contributed by atoms with E-state index < -0.39 is 0 Å². The maximum atomic E-state index is 8.87. The quantitative estimate of drug-likeness (QED) is 0.812. The number of aromatic nitrogens is 1. The molecule has 0 aliphatic carbocycles. The molecular formula is C10H17ClN2OS. The second-order valence-corrected chi connectivity index (χ2v) is 6.05. The lowest BCUT2D eigenvalue weighted by atomic mass is 9.90. The third-order valence-electron chi connectivity index (χ3n) is 2.19. The lowest BCUT2D eigenvalue weighted by Crippen LogP contribution is -2.29. The van der Waals surface area contributed by atoms with E-state index in [1.165, 1.54) is 11.3 Å². The van der Waals surface area contributed by atoms with Gasteiger partial charge in [-0.1, -0.05) is 25.4 Å². The van der Waals surface area contributed by atoms with Crippen LogP contribution in [0, 0.1) is 5.41 Å². The highest BCUT2D eigenvalue weighted by atomic mass is 35.5. The van der Waals surface area contributed by atoms with Crippen LogP contribution in [0.3, 0.4) is 0 Å². The van der Waals surface area contributed by atoms with Gasteiger partial charge in [0.1, 0.15) is 9.34 Å². The standard InChI is InChI=1S/C10H17ClN2OS/c1-10(2,3-4-14)7-12-6-9-13-5-8(11)15-9/h5,12,14H,3-4,6-7H2,1-2H3. The lowest BCUT2D eigenvalue weighted by molar-refractivity contribution is 0.207. The van der Waals surface area contributed by atoms with Crippen molar-refractivity contribution in [1.29, 1.82) is 0 Å². The summed E-state index contributed by atoms with van der Waals surface area (Å²) in [5, 5.41) is 13.2. The van der Waals surface area contributed by atoms with E-state index >= 15 is 0 Å². The summed E-state index contributed by atoms with van der Waals surface area (Å²) in [6.45, 7) is 6.10. The van der Waals surface area contributed by atoms with Crippen LogP contribution in [0.4, 0.5) is 0 Å². The van der Waals surface area contributed by atoms with Gasteiger partial charge >= 0.3 is 0 Å². The summed E-state index contributed by atoms with van der Waals surface area (Å²) in [6.07, 6.45) is 2.47. The minimum absolute atomic E-state index is 0.121. The predicted octanol–water partition coefficient (Wildman–Crippen LogP) is 2.29.